The van der Waals surface area contributed by atoms with Crippen molar-refractivity contribution in [3.8, 4) is 0 Å². The normalized spacial score (nSPS) is 32.4. The van der Waals surface area contributed by atoms with Gasteiger partial charge in [-0.1, -0.05) is 32.1 Å². The highest BCUT2D eigenvalue weighted by atomic mass is 16.4. The Morgan fingerprint density at radius 1 is 1.14 bits per heavy atom. The van der Waals surface area contributed by atoms with Crippen molar-refractivity contribution < 1.29 is 14.7 Å². The number of carboxylic acid groups (broad SMARTS) is 1. The predicted molar refractivity (Wildman–Crippen MR) is 80.7 cm³/mol. The standard InChI is InChI=1S/C16H28N2O3/c1-15(14(20)21)8-6-3-7-12(15)18-13(19)16(11-17)9-4-2-5-10-16/h12H,2-11,17H2,1H3,(H,18,19)(H,20,21). The molecule has 2 unspecified atom stereocenters. The number of nitrogens with one attached hydrogen (secondary N) is 1. The second-order valence-electron chi connectivity index (χ2n) is 7.04. The molecule has 0 aromatic heterocycles. The summed E-state index contributed by atoms with van der Waals surface area (Å²) in [4.78, 5) is 24.4. The van der Waals surface area contributed by atoms with E-state index < -0.39 is 16.8 Å². The number of amides is 1. The molecule has 2 fully saturated rings. The average Bonchev–Trinajstić information content (AvgIpc) is 2.50. The van der Waals surface area contributed by atoms with Crippen molar-refractivity contribution in [2.75, 3.05) is 6.54 Å². The highest BCUT2D eigenvalue weighted by Crippen LogP contribution is 2.39. The van der Waals surface area contributed by atoms with Gasteiger partial charge in [0, 0.05) is 12.6 Å². The first kappa shape index (κ1) is 16.3. The molecule has 0 radical (unpaired) electrons. The van der Waals surface area contributed by atoms with Crippen molar-refractivity contribution in [1.82, 2.24) is 5.32 Å². The zero-order valence-electron chi connectivity index (χ0n) is 13.0. The maximum atomic E-state index is 12.7. The lowest BCUT2D eigenvalue weighted by Crippen LogP contribution is -2.57. The topological polar surface area (TPSA) is 92.4 Å². The van der Waals surface area contributed by atoms with Gasteiger partial charge >= 0.3 is 5.97 Å². The summed E-state index contributed by atoms with van der Waals surface area (Å²) in [6.07, 6.45) is 8.14. The van der Waals surface area contributed by atoms with Crippen LogP contribution in [0.5, 0.6) is 0 Å². The molecule has 5 nitrogen and oxygen atoms in total. The molecular formula is C16H28N2O3. The Kier molecular flexibility index (Phi) is 4.91. The van der Waals surface area contributed by atoms with E-state index in [1.54, 1.807) is 6.92 Å². The zero-order chi connectivity index (χ0) is 15.5. The minimum atomic E-state index is -0.849. The van der Waals surface area contributed by atoms with E-state index in [1.165, 1.54) is 0 Å². The number of aliphatic carboxylic acids is 1. The summed E-state index contributed by atoms with van der Waals surface area (Å²) in [5, 5.41) is 12.6. The fourth-order valence-electron chi connectivity index (χ4n) is 3.88. The van der Waals surface area contributed by atoms with E-state index in [4.69, 9.17) is 5.73 Å². The third kappa shape index (κ3) is 3.07. The van der Waals surface area contributed by atoms with Crippen LogP contribution in [0.2, 0.25) is 0 Å². The molecule has 1 amide bonds. The Bertz CT molecular complexity index is 404. The molecule has 2 aliphatic rings. The third-order valence-electron chi connectivity index (χ3n) is 5.68. The van der Waals surface area contributed by atoms with Gasteiger partial charge in [-0.25, -0.2) is 0 Å². The van der Waals surface area contributed by atoms with Gasteiger partial charge < -0.3 is 16.2 Å². The summed E-state index contributed by atoms with van der Waals surface area (Å²) < 4.78 is 0. The second kappa shape index (κ2) is 6.34. The fourth-order valence-corrected chi connectivity index (χ4v) is 3.88. The Balaban J connectivity index is 2.11. The van der Waals surface area contributed by atoms with Gasteiger partial charge in [-0.15, -0.1) is 0 Å². The van der Waals surface area contributed by atoms with Crippen molar-refractivity contribution in [2.24, 2.45) is 16.6 Å². The van der Waals surface area contributed by atoms with Gasteiger partial charge in [0.2, 0.25) is 5.91 Å². The van der Waals surface area contributed by atoms with E-state index in [1.807, 2.05) is 0 Å². The highest BCUT2D eigenvalue weighted by Gasteiger charge is 2.46. The Morgan fingerprint density at radius 2 is 1.76 bits per heavy atom. The molecule has 0 aromatic rings. The molecule has 0 aromatic carbocycles. The molecule has 2 aliphatic carbocycles. The number of carbonyl (C=O) groups excluding carboxylic acids is 1. The van der Waals surface area contributed by atoms with Crippen molar-refractivity contribution in [1.29, 1.82) is 0 Å². The summed E-state index contributed by atoms with van der Waals surface area (Å²) >= 11 is 0. The Labute approximate surface area is 126 Å². The number of rotatable bonds is 4. The van der Waals surface area contributed by atoms with Gasteiger partial charge in [0.25, 0.3) is 0 Å². The number of hydrogen-bond acceptors (Lipinski definition) is 3. The maximum Gasteiger partial charge on any atom is 0.311 e. The quantitative estimate of drug-likeness (QED) is 0.740. The first-order valence-electron chi connectivity index (χ1n) is 8.19. The van der Waals surface area contributed by atoms with Crippen LogP contribution in [0, 0.1) is 10.8 Å². The van der Waals surface area contributed by atoms with Crippen molar-refractivity contribution in [3.05, 3.63) is 0 Å². The summed E-state index contributed by atoms with van der Waals surface area (Å²) in [7, 11) is 0. The van der Waals surface area contributed by atoms with Gasteiger partial charge in [-0.05, 0) is 32.6 Å². The van der Waals surface area contributed by atoms with Crippen LogP contribution in [0.4, 0.5) is 0 Å². The van der Waals surface area contributed by atoms with E-state index in [2.05, 4.69) is 5.32 Å². The van der Waals surface area contributed by atoms with Crippen LogP contribution >= 0.6 is 0 Å². The SMILES string of the molecule is CC1(C(=O)O)CCCCC1NC(=O)C1(CN)CCCCC1. The van der Waals surface area contributed by atoms with Gasteiger partial charge in [0.15, 0.2) is 0 Å². The molecule has 0 aliphatic heterocycles. The molecular weight excluding hydrogens is 268 g/mol. The molecule has 0 saturated heterocycles. The van der Waals surface area contributed by atoms with Crippen molar-refractivity contribution >= 4 is 11.9 Å². The highest BCUT2D eigenvalue weighted by molar-refractivity contribution is 5.84. The van der Waals surface area contributed by atoms with Crippen LogP contribution in [0.15, 0.2) is 0 Å². The number of hydrogen-bond donors (Lipinski definition) is 3. The van der Waals surface area contributed by atoms with Gasteiger partial charge in [0.05, 0.1) is 10.8 Å². The monoisotopic (exact) mass is 296 g/mol. The van der Waals surface area contributed by atoms with Crippen LogP contribution in [-0.4, -0.2) is 29.6 Å². The number of carbonyl (C=O) groups is 2. The molecule has 2 atom stereocenters. The molecule has 2 rings (SSSR count). The lowest BCUT2D eigenvalue weighted by atomic mass is 9.69. The van der Waals surface area contributed by atoms with Crippen LogP contribution in [0.1, 0.15) is 64.7 Å². The summed E-state index contributed by atoms with van der Waals surface area (Å²) in [6.45, 7) is 2.12. The molecule has 21 heavy (non-hydrogen) atoms. The number of carboxylic acids is 1. The minimum Gasteiger partial charge on any atom is -0.481 e. The van der Waals surface area contributed by atoms with E-state index in [0.29, 0.717) is 13.0 Å². The van der Waals surface area contributed by atoms with Crippen LogP contribution in [-0.2, 0) is 9.59 Å². The number of nitrogens with two attached hydrogens (primary N) is 1. The average molecular weight is 296 g/mol. The van der Waals surface area contributed by atoms with Crippen LogP contribution in [0.3, 0.4) is 0 Å². The molecule has 0 heterocycles. The predicted octanol–water partition coefficient (Wildman–Crippen LogP) is 2.05. The van der Waals surface area contributed by atoms with Gasteiger partial charge in [0.1, 0.15) is 0 Å². The molecule has 0 spiro atoms. The smallest absolute Gasteiger partial charge is 0.311 e. The third-order valence-corrected chi connectivity index (χ3v) is 5.68. The van der Waals surface area contributed by atoms with Gasteiger partial charge in [-0.2, -0.15) is 0 Å². The lowest BCUT2D eigenvalue weighted by Gasteiger charge is -2.42. The summed E-state index contributed by atoms with van der Waals surface area (Å²) in [5.74, 6) is -0.831. The van der Waals surface area contributed by atoms with E-state index in [0.717, 1.165) is 51.4 Å². The molecule has 4 N–H and O–H groups in total. The van der Waals surface area contributed by atoms with Crippen LogP contribution < -0.4 is 11.1 Å². The molecule has 2 saturated carbocycles. The Hall–Kier alpha value is -1.10. The largest absolute Gasteiger partial charge is 0.481 e. The van der Waals surface area contributed by atoms with Crippen molar-refractivity contribution in [2.45, 2.75) is 70.8 Å². The maximum absolute atomic E-state index is 12.7. The van der Waals surface area contributed by atoms with E-state index in [-0.39, 0.29) is 11.9 Å². The fraction of sp³-hybridized carbons (Fsp3) is 0.875. The second-order valence-corrected chi connectivity index (χ2v) is 7.04. The zero-order valence-corrected chi connectivity index (χ0v) is 13.0. The summed E-state index contributed by atoms with van der Waals surface area (Å²) in [5.41, 5.74) is 4.57. The van der Waals surface area contributed by atoms with E-state index in [9.17, 15) is 14.7 Å². The summed E-state index contributed by atoms with van der Waals surface area (Å²) in [6, 6.07) is -0.276. The Morgan fingerprint density at radius 3 is 2.33 bits per heavy atom. The van der Waals surface area contributed by atoms with Gasteiger partial charge in [-0.3, -0.25) is 9.59 Å². The molecule has 5 heteroatoms. The first-order valence-corrected chi connectivity index (χ1v) is 8.19. The van der Waals surface area contributed by atoms with Crippen LogP contribution in [0.25, 0.3) is 0 Å². The molecule has 0 bridgehead atoms. The minimum absolute atomic E-state index is 0.0240. The lowest BCUT2D eigenvalue weighted by molar-refractivity contribution is -0.152. The first-order chi connectivity index (χ1) is 9.94. The molecule has 120 valence electrons. The van der Waals surface area contributed by atoms with E-state index >= 15 is 0 Å². The van der Waals surface area contributed by atoms with Crippen molar-refractivity contribution in [3.63, 3.8) is 0 Å².